The lowest BCUT2D eigenvalue weighted by atomic mass is 10.1. The number of ether oxygens (including phenoxy) is 1. The van der Waals surface area contributed by atoms with Crippen LogP contribution in [0.3, 0.4) is 0 Å². The summed E-state index contributed by atoms with van der Waals surface area (Å²) in [5.41, 5.74) is 0.977. The molecule has 2 unspecified atom stereocenters. The lowest BCUT2D eigenvalue weighted by molar-refractivity contribution is 0.108. The molecule has 2 fully saturated rings. The van der Waals surface area contributed by atoms with E-state index >= 15 is 0 Å². The standard InChI is InChI=1S/C12H18N2O2/c1-3-9(13-5-1)7-12-14-10(8-16-12)11-4-2-6-15-11/h8-9,11,13H,1-7H2. The minimum absolute atomic E-state index is 0.175. The van der Waals surface area contributed by atoms with Crippen LogP contribution in [-0.2, 0) is 11.2 Å². The van der Waals surface area contributed by atoms with Crippen LogP contribution in [-0.4, -0.2) is 24.2 Å². The van der Waals surface area contributed by atoms with Gasteiger partial charge >= 0.3 is 0 Å². The molecule has 16 heavy (non-hydrogen) atoms. The van der Waals surface area contributed by atoms with E-state index in [1.54, 1.807) is 6.26 Å². The van der Waals surface area contributed by atoms with Crippen molar-refractivity contribution in [3.8, 4) is 0 Å². The molecule has 88 valence electrons. The molecule has 0 spiro atoms. The lowest BCUT2D eigenvalue weighted by Gasteiger charge is -2.06. The smallest absolute Gasteiger partial charge is 0.195 e. The van der Waals surface area contributed by atoms with E-state index in [9.17, 15) is 0 Å². The molecule has 2 saturated heterocycles. The van der Waals surface area contributed by atoms with Crippen LogP contribution < -0.4 is 5.32 Å². The first-order valence-electron chi connectivity index (χ1n) is 6.21. The third kappa shape index (κ3) is 2.13. The van der Waals surface area contributed by atoms with Crippen molar-refractivity contribution in [1.82, 2.24) is 10.3 Å². The topological polar surface area (TPSA) is 47.3 Å². The molecule has 0 saturated carbocycles. The highest BCUT2D eigenvalue weighted by Gasteiger charge is 2.23. The Hall–Kier alpha value is -0.870. The number of nitrogens with one attached hydrogen (secondary N) is 1. The zero-order valence-corrected chi connectivity index (χ0v) is 9.45. The molecule has 2 aliphatic heterocycles. The van der Waals surface area contributed by atoms with Crippen molar-refractivity contribution in [1.29, 1.82) is 0 Å². The molecule has 0 amide bonds. The highest BCUT2D eigenvalue weighted by molar-refractivity contribution is 5.03. The van der Waals surface area contributed by atoms with E-state index in [0.717, 1.165) is 44.0 Å². The molecule has 4 heteroatoms. The van der Waals surface area contributed by atoms with Crippen molar-refractivity contribution in [2.45, 2.75) is 44.2 Å². The zero-order valence-electron chi connectivity index (χ0n) is 9.45. The van der Waals surface area contributed by atoms with Crippen LogP contribution in [0.1, 0.15) is 43.4 Å². The molecule has 1 aromatic rings. The summed E-state index contributed by atoms with van der Waals surface area (Å²) in [7, 11) is 0. The van der Waals surface area contributed by atoms with Gasteiger partial charge in [0.25, 0.3) is 0 Å². The van der Waals surface area contributed by atoms with Gasteiger partial charge in [0.1, 0.15) is 18.1 Å². The first-order valence-corrected chi connectivity index (χ1v) is 6.21. The maximum Gasteiger partial charge on any atom is 0.195 e. The summed E-state index contributed by atoms with van der Waals surface area (Å²) in [5.74, 6) is 0.852. The molecule has 3 heterocycles. The lowest BCUT2D eigenvalue weighted by Crippen LogP contribution is -2.23. The normalized spacial score (nSPS) is 30.0. The Morgan fingerprint density at radius 3 is 3.12 bits per heavy atom. The molecule has 0 radical (unpaired) electrons. The molecule has 2 atom stereocenters. The van der Waals surface area contributed by atoms with Crippen molar-refractivity contribution in [3.05, 3.63) is 17.8 Å². The van der Waals surface area contributed by atoms with Crippen LogP contribution in [0.15, 0.2) is 10.7 Å². The Balaban J connectivity index is 1.62. The molecule has 4 nitrogen and oxygen atoms in total. The Bertz CT molecular complexity index is 339. The number of aromatic nitrogens is 1. The number of hydrogen-bond donors (Lipinski definition) is 1. The monoisotopic (exact) mass is 222 g/mol. The van der Waals surface area contributed by atoms with Gasteiger partial charge in [-0.05, 0) is 32.2 Å². The van der Waals surface area contributed by atoms with Crippen LogP contribution in [0.4, 0.5) is 0 Å². The quantitative estimate of drug-likeness (QED) is 0.847. The van der Waals surface area contributed by atoms with Gasteiger partial charge < -0.3 is 14.5 Å². The van der Waals surface area contributed by atoms with E-state index in [2.05, 4.69) is 10.3 Å². The number of nitrogens with zero attached hydrogens (tertiary/aromatic N) is 1. The molecule has 0 aliphatic carbocycles. The van der Waals surface area contributed by atoms with Gasteiger partial charge in [0.05, 0.1) is 0 Å². The van der Waals surface area contributed by atoms with Crippen LogP contribution in [0.25, 0.3) is 0 Å². The van der Waals surface area contributed by atoms with Crippen molar-refractivity contribution in [3.63, 3.8) is 0 Å². The largest absolute Gasteiger partial charge is 0.449 e. The molecular formula is C12H18N2O2. The van der Waals surface area contributed by atoms with Gasteiger partial charge in [-0.1, -0.05) is 0 Å². The first-order chi connectivity index (χ1) is 7.92. The van der Waals surface area contributed by atoms with Crippen molar-refractivity contribution in [2.75, 3.05) is 13.2 Å². The molecule has 0 bridgehead atoms. The maximum atomic E-state index is 5.58. The summed E-state index contributed by atoms with van der Waals surface area (Å²) in [5, 5.41) is 3.45. The molecule has 0 aromatic carbocycles. The van der Waals surface area contributed by atoms with Gasteiger partial charge in [-0.15, -0.1) is 0 Å². The van der Waals surface area contributed by atoms with E-state index < -0.39 is 0 Å². The van der Waals surface area contributed by atoms with Crippen LogP contribution in [0, 0.1) is 0 Å². The van der Waals surface area contributed by atoms with Crippen molar-refractivity contribution >= 4 is 0 Å². The number of oxazole rings is 1. The summed E-state index contributed by atoms with van der Waals surface area (Å²) < 4.78 is 11.1. The summed E-state index contributed by atoms with van der Waals surface area (Å²) in [4.78, 5) is 4.52. The van der Waals surface area contributed by atoms with Gasteiger partial charge in [0.15, 0.2) is 5.89 Å². The second-order valence-electron chi connectivity index (χ2n) is 4.67. The predicted molar refractivity (Wildman–Crippen MR) is 59.2 cm³/mol. The van der Waals surface area contributed by atoms with Gasteiger partial charge in [0.2, 0.25) is 0 Å². The van der Waals surface area contributed by atoms with E-state index in [0.29, 0.717) is 6.04 Å². The average Bonchev–Trinajstić information content (AvgIpc) is 2.99. The summed E-state index contributed by atoms with van der Waals surface area (Å²) in [6, 6.07) is 0.552. The molecule has 3 rings (SSSR count). The fourth-order valence-electron chi connectivity index (χ4n) is 2.52. The predicted octanol–water partition coefficient (Wildman–Crippen LogP) is 1.82. The SMILES string of the molecule is c1oc(CC2CCCN2)nc1C1CCCO1. The average molecular weight is 222 g/mol. The van der Waals surface area contributed by atoms with Gasteiger partial charge in [0, 0.05) is 19.1 Å². The summed E-state index contributed by atoms with van der Waals surface area (Å²) in [6.45, 7) is 1.99. The summed E-state index contributed by atoms with van der Waals surface area (Å²) in [6.07, 6.45) is 7.56. The Morgan fingerprint density at radius 1 is 1.38 bits per heavy atom. The molecule has 1 N–H and O–H groups in total. The van der Waals surface area contributed by atoms with E-state index in [1.165, 1.54) is 12.8 Å². The number of rotatable bonds is 3. The Morgan fingerprint density at radius 2 is 2.38 bits per heavy atom. The van der Waals surface area contributed by atoms with Gasteiger partial charge in [-0.3, -0.25) is 0 Å². The molecule has 1 aromatic heterocycles. The third-order valence-electron chi connectivity index (χ3n) is 3.41. The van der Waals surface area contributed by atoms with E-state index in [-0.39, 0.29) is 6.10 Å². The fraction of sp³-hybridized carbons (Fsp3) is 0.750. The second-order valence-corrected chi connectivity index (χ2v) is 4.67. The Labute approximate surface area is 95.4 Å². The third-order valence-corrected chi connectivity index (χ3v) is 3.41. The highest BCUT2D eigenvalue weighted by atomic mass is 16.5. The fourth-order valence-corrected chi connectivity index (χ4v) is 2.52. The Kier molecular flexibility index (Phi) is 2.93. The van der Waals surface area contributed by atoms with Crippen LogP contribution >= 0.6 is 0 Å². The number of hydrogen-bond acceptors (Lipinski definition) is 4. The van der Waals surface area contributed by atoms with Crippen LogP contribution in [0.2, 0.25) is 0 Å². The first kappa shape index (κ1) is 10.3. The molecule has 2 aliphatic rings. The van der Waals surface area contributed by atoms with E-state index in [4.69, 9.17) is 9.15 Å². The zero-order chi connectivity index (χ0) is 10.8. The minimum Gasteiger partial charge on any atom is -0.449 e. The minimum atomic E-state index is 0.175. The second kappa shape index (κ2) is 4.55. The van der Waals surface area contributed by atoms with Crippen molar-refractivity contribution in [2.24, 2.45) is 0 Å². The van der Waals surface area contributed by atoms with Crippen LogP contribution in [0.5, 0.6) is 0 Å². The highest BCUT2D eigenvalue weighted by Crippen LogP contribution is 2.28. The molecular weight excluding hydrogens is 204 g/mol. The maximum absolute atomic E-state index is 5.58. The van der Waals surface area contributed by atoms with Gasteiger partial charge in [-0.2, -0.15) is 0 Å². The van der Waals surface area contributed by atoms with E-state index in [1.807, 2.05) is 0 Å². The van der Waals surface area contributed by atoms with Crippen molar-refractivity contribution < 1.29 is 9.15 Å². The van der Waals surface area contributed by atoms with Gasteiger partial charge in [-0.25, -0.2) is 4.98 Å². The summed E-state index contributed by atoms with van der Waals surface area (Å²) >= 11 is 0.